The molecule has 212 valence electrons. The van der Waals surface area contributed by atoms with Gasteiger partial charge in [-0.3, -0.25) is 0 Å². The molecule has 2 unspecified atom stereocenters. The molecule has 0 aliphatic heterocycles. The van der Waals surface area contributed by atoms with Crippen molar-refractivity contribution in [2.75, 3.05) is 22.9 Å². The van der Waals surface area contributed by atoms with Gasteiger partial charge in [0.2, 0.25) is 0 Å². The van der Waals surface area contributed by atoms with Gasteiger partial charge in [-0.1, -0.05) is 84.9 Å². The summed E-state index contributed by atoms with van der Waals surface area (Å²) in [5.74, 6) is 1.49. The smallest absolute Gasteiger partial charge is 0.135 e. The fraction of sp³-hybridized carbons (Fsp3) is 0. The Morgan fingerprint density at radius 3 is 1.05 bits per heavy atom. The Bertz CT molecular complexity index is 1690. The van der Waals surface area contributed by atoms with Gasteiger partial charge < -0.3 is 27.7 Å². The minimum Gasteiger partial charge on any atom is -0.456 e. The highest BCUT2D eigenvalue weighted by atomic mass is 31.1. The SMILES string of the molecule is Nc1ccc(P(c2ccccc2)c2cc(N)ccc2Oc2ccc(N)cc2P(c2ccccc2)c2ccc(N)cc2)cc1. The van der Waals surface area contributed by atoms with Gasteiger partial charge in [-0.15, -0.1) is 0 Å². The Hall–Kier alpha value is -4.82. The zero-order chi connectivity index (χ0) is 29.8. The predicted octanol–water partition coefficient (Wildman–Crippen LogP) is 5.32. The van der Waals surface area contributed by atoms with Gasteiger partial charge in [0.05, 0.1) is 0 Å². The Kier molecular flexibility index (Phi) is 8.29. The normalized spacial score (nSPS) is 12.4. The lowest BCUT2D eigenvalue weighted by Crippen LogP contribution is -2.24. The summed E-state index contributed by atoms with van der Waals surface area (Å²) in [6, 6.07) is 48.8. The molecule has 43 heavy (non-hydrogen) atoms. The van der Waals surface area contributed by atoms with E-state index < -0.39 is 15.8 Å². The molecule has 0 saturated heterocycles. The number of anilines is 4. The number of hydrogen-bond acceptors (Lipinski definition) is 5. The van der Waals surface area contributed by atoms with Gasteiger partial charge in [-0.2, -0.15) is 0 Å². The van der Waals surface area contributed by atoms with Crippen molar-refractivity contribution in [1.29, 1.82) is 0 Å². The van der Waals surface area contributed by atoms with Crippen molar-refractivity contribution in [1.82, 2.24) is 0 Å². The molecule has 0 bridgehead atoms. The van der Waals surface area contributed by atoms with Crippen LogP contribution >= 0.6 is 15.8 Å². The van der Waals surface area contributed by atoms with Crippen LogP contribution in [0.25, 0.3) is 0 Å². The molecule has 6 rings (SSSR count). The number of hydrogen-bond donors (Lipinski definition) is 4. The summed E-state index contributed by atoms with van der Waals surface area (Å²) in [5.41, 5.74) is 27.8. The second-order valence-corrected chi connectivity index (χ2v) is 14.5. The van der Waals surface area contributed by atoms with Gasteiger partial charge in [0.25, 0.3) is 0 Å². The van der Waals surface area contributed by atoms with Crippen LogP contribution in [0.2, 0.25) is 0 Å². The van der Waals surface area contributed by atoms with E-state index in [1.807, 2.05) is 72.8 Å². The molecular formula is C36H32N4OP2. The molecule has 0 saturated carbocycles. The van der Waals surface area contributed by atoms with E-state index in [0.717, 1.165) is 44.1 Å². The highest BCUT2D eigenvalue weighted by Gasteiger charge is 2.25. The lowest BCUT2D eigenvalue weighted by molar-refractivity contribution is 0.491. The van der Waals surface area contributed by atoms with E-state index in [1.165, 1.54) is 10.6 Å². The maximum atomic E-state index is 6.92. The van der Waals surface area contributed by atoms with E-state index in [-0.39, 0.29) is 0 Å². The van der Waals surface area contributed by atoms with Crippen molar-refractivity contribution in [2.45, 2.75) is 0 Å². The van der Waals surface area contributed by atoms with E-state index in [4.69, 9.17) is 27.7 Å². The fourth-order valence-corrected chi connectivity index (χ4v) is 9.75. The van der Waals surface area contributed by atoms with Crippen molar-refractivity contribution >= 4 is 70.4 Å². The van der Waals surface area contributed by atoms with E-state index in [2.05, 4.69) is 72.8 Å². The van der Waals surface area contributed by atoms with Gasteiger partial charge in [0.1, 0.15) is 11.5 Å². The van der Waals surface area contributed by atoms with Crippen LogP contribution in [0.5, 0.6) is 11.5 Å². The maximum absolute atomic E-state index is 6.92. The van der Waals surface area contributed by atoms with Crippen molar-refractivity contribution < 1.29 is 4.74 Å². The van der Waals surface area contributed by atoms with Crippen LogP contribution in [-0.2, 0) is 0 Å². The first-order valence-electron chi connectivity index (χ1n) is 13.8. The lowest BCUT2D eigenvalue weighted by Gasteiger charge is -2.25. The average molecular weight is 599 g/mol. The van der Waals surface area contributed by atoms with Crippen LogP contribution in [0.3, 0.4) is 0 Å². The number of nitrogens with two attached hydrogens (primary N) is 4. The Balaban J connectivity index is 1.51. The molecule has 0 heterocycles. The quantitative estimate of drug-likeness (QED) is 0.140. The van der Waals surface area contributed by atoms with Crippen molar-refractivity contribution in [3.63, 3.8) is 0 Å². The molecule has 0 fully saturated rings. The average Bonchev–Trinajstić information content (AvgIpc) is 3.03. The number of benzene rings is 6. The summed E-state index contributed by atoms with van der Waals surface area (Å²) >= 11 is 0. The van der Waals surface area contributed by atoms with E-state index in [9.17, 15) is 0 Å². The molecule has 5 nitrogen and oxygen atoms in total. The van der Waals surface area contributed by atoms with Gasteiger partial charge in [0, 0.05) is 33.4 Å². The first-order chi connectivity index (χ1) is 21.0. The highest BCUT2D eigenvalue weighted by molar-refractivity contribution is 7.80. The highest BCUT2D eigenvalue weighted by Crippen LogP contribution is 2.42. The van der Waals surface area contributed by atoms with Crippen LogP contribution in [0.15, 0.2) is 146 Å². The summed E-state index contributed by atoms with van der Waals surface area (Å²) in [4.78, 5) is 0. The fourth-order valence-electron chi connectivity index (χ4n) is 4.96. The van der Waals surface area contributed by atoms with E-state index in [0.29, 0.717) is 11.4 Å². The van der Waals surface area contributed by atoms with Gasteiger partial charge >= 0.3 is 0 Å². The van der Waals surface area contributed by atoms with Gasteiger partial charge in [-0.25, -0.2) is 0 Å². The third-order valence-corrected chi connectivity index (χ3v) is 11.9. The largest absolute Gasteiger partial charge is 0.456 e. The summed E-state index contributed by atoms with van der Waals surface area (Å²) in [6.45, 7) is 0. The third kappa shape index (κ3) is 6.34. The van der Waals surface area contributed by atoms with Crippen molar-refractivity contribution in [2.24, 2.45) is 0 Å². The first kappa shape index (κ1) is 28.3. The van der Waals surface area contributed by atoms with Gasteiger partial charge in [-0.05, 0) is 97.7 Å². The van der Waals surface area contributed by atoms with E-state index in [1.54, 1.807) is 0 Å². The zero-order valence-electron chi connectivity index (χ0n) is 23.5. The van der Waals surface area contributed by atoms with Crippen LogP contribution in [0.4, 0.5) is 22.7 Å². The summed E-state index contributed by atoms with van der Waals surface area (Å²) in [6.07, 6.45) is 0. The molecule has 6 aromatic carbocycles. The summed E-state index contributed by atoms with van der Waals surface area (Å²) in [5, 5.41) is 6.71. The minimum absolute atomic E-state index is 0.673. The molecule has 6 aromatic rings. The maximum Gasteiger partial charge on any atom is 0.135 e. The number of ether oxygens (including phenoxy) is 1. The predicted molar refractivity (Wildman–Crippen MR) is 188 cm³/mol. The van der Waals surface area contributed by atoms with Crippen LogP contribution in [0, 0.1) is 0 Å². The van der Waals surface area contributed by atoms with Crippen LogP contribution in [0.1, 0.15) is 0 Å². The molecule has 7 heteroatoms. The molecule has 0 spiro atoms. The first-order valence-corrected chi connectivity index (χ1v) is 16.5. The molecule has 0 amide bonds. The Morgan fingerprint density at radius 2 is 0.674 bits per heavy atom. The summed E-state index contributed by atoms with van der Waals surface area (Å²) in [7, 11) is -2.02. The van der Waals surface area contributed by atoms with Crippen molar-refractivity contribution in [3.8, 4) is 11.5 Å². The van der Waals surface area contributed by atoms with E-state index >= 15 is 0 Å². The van der Waals surface area contributed by atoms with Crippen LogP contribution in [-0.4, -0.2) is 0 Å². The second-order valence-electron chi connectivity index (χ2n) is 10.1. The molecule has 2 atom stereocenters. The monoisotopic (exact) mass is 598 g/mol. The molecule has 0 aliphatic rings. The number of rotatable bonds is 8. The van der Waals surface area contributed by atoms with Crippen LogP contribution < -0.4 is 59.5 Å². The molecule has 0 radical (unpaired) electrons. The summed E-state index contributed by atoms with van der Waals surface area (Å²) < 4.78 is 6.92. The zero-order valence-corrected chi connectivity index (χ0v) is 25.3. The molecule has 0 aliphatic carbocycles. The Labute approximate surface area is 254 Å². The molecule has 0 aromatic heterocycles. The number of nitrogen functional groups attached to an aromatic ring is 4. The van der Waals surface area contributed by atoms with Crippen molar-refractivity contribution in [3.05, 3.63) is 146 Å². The standard InChI is InChI=1S/C36H32N4OP2/c37-25-11-17-31(18-12-25)42(29-7-3-1-4-8-29)35-23-27(39)15-21-33(35)41-34-22-16-28(40)24-36(34)43(30-9-5-2-6-10-30)32-19-13-26(38)14-20-32/h1-24H,37-40H2. The lowest BCUT2D eigenvalue weighted by atomic mass is 10.3. The topological polar surface area (TPSA) is 113 Å². The molecular weight excluding hydrogens is 566 g/mol. The van der Waals surface area contributed by atoms with Gasteiger partial charge in [0.15, 0.2) is 0 Å². The second kappa shape index (κ2) is 12.6. The Morgan fingerprint density at radius 1 is 0.349 bits per heavy atom. The molecule has 8 N–H and O–H groups in total. The minimum atomic E-state index is -1.01. The third-order valence-electron chi connectivity index (χ3n) is 7.00.